The molecule has 160 valence electrons. The predicted octanol–water partition coefficient (Wildman–Crippen LogP) is 4.19. The molecule has 3 aromatic rings. The average Bonchev–Trinajstić information content (AvgIpc) is 3.22. The Labute approximate surface area is 180 Å². The van der Waals surface area contributed by atoms with E-state index in [1.54, 1.807) is 11.1 Å². The highest BCUT2D eigenvalue weighted by molar-refractivity contribution is 6.07. The summed E-state index contributed by atoms with van der Waals surface area (Å²) in [5.41, 5.74) is 5.90. The lowest BCUT2D eigenvalue weighted by molar-refractivity contribution is 0.0964. The molecule has 7 heteroatoms. The number of benzene rings is 1. The lowest BCUT2D eigenvalue weighted by Gasteiger charge is -2.31. The molecule has 3 heterocycles. The Hall–Kier alpha value is -3.22. The van der Waals surface area contributed by atoms with Crippen molar-refractivity contribution >= 4 is 11.6 Å². The number of anilines is 1. The molecule has 0 saturated carbocycles. The van der Waals surface area contributed by atoms with Gasteiger partial charge in [0.05, 0.1) is 19.0 Å². The maximum atomic E-state index is 14.7. The monoisotopic (exact) mass is 420 g/mol. The molecule has 0 atom stereocenters. The van der Waals surface area contributed by atoms with Crippen molar-refractivity contribution < 1.29 is 13.9 Å². The van der Waals surface area contributed by atoms with Crippen LogP contribution in [-0.4, -0.2) is 34.1 Å². The number of methoxy groups -OCH3 is 1. The quantitative estimate of drug-likeness (QED) is 0.638. The number of hydrogen-bond acceptors (Lipinski definition) is 4. The number of aromatic nitrogens is 3. The lowest BCUT2D eigenvalue weighted by Crippen LogP contribution is -2.41. The van der Waals surface area contributed by atoms with Crippen molar-refractivity contribution in [2.75, 3.05) is 18.6 Å². The Morgan fingerprint density at radius 3 is 2.74 bits per heavy atom. The summed E-state index contributed by atoms with van der Waals surface area (Å²) in [6.07, 6.45) is 4.91. The maximum absolute atomic E-state index is 14.7. The van der Waals surface area contributed by atoms with Gasteiger partial charge in [-0.1, -0.05) is 13.8 Å². The van der Waals surface area contributed by atoms with Gasteiger partial charge < -0.3 is 14.2 Å². The van der Waals surface area contributed by atoms with Crippen molar-refractivity contribution in [1.29, 1.82) is 0 Å². The molecule has 0 radical (unpaired) electrons. The summed E-state index contributed by atoms with van der Waals surface area (Å²) in [5, 5.41) is 0. The minimum absolute atomic E-state index is 0.0900. The van der Waals surface area contributed by atoms with E-state index in [2.05, 4.69) is 28.4 Å². The second-order valence-electron chi connectivity index (χ2n) is 9.16. The molecule has 1 aliphatic carbocycles. The van der Waals surface area contributed by atoms with E-state index in [9.17, 15) is 9.18 Å². The molecule has 0 fully saturated rings. The highest BCUT2D eigenvalue weighted by Gasteiger charge is 2.37. The highest BCUT2D eigenvalue weighted by atomic mass is 19.1. The van der Waals surface area contributed by atoms with Crippen LogP contribution in [0.25, 0.3) is 11.3 Å². The first-order valence-corrected chi connectivity index (χ1v) is 10.5. The van der Waals surface area contributed by atoms with E-state index in [0.717, 1.165) is 18.4 Å². The summed E-state index contributed by atoms with van der Waals surface area (Å²) >= 11 is 0. The van der Waals surface area contributed by atoms with Crippen LogP contribution in [0.1, 0.15) is 41.2 Å². The molecule has 0 unspecified atom stereocenters. The van der Waals surface area contributed by atoms with Crippen molar-refractivity contribution in [2.45, 2.75) is 40.2 Å². The molecule has 5 rings (SSSR count). The molecule has 0 N–H and O–H groups in total. The molecule has 2 aromatic heterocycles. The number of rotatable bonds is 3. The van der Waals surface area contributed by atoms with Crippen LogP contribution in [0.4, 0.5) is 10.1 Å². The van der Waals surface area contributed by atoms with Crippen LogP contribution in [0.15, 0.2) is 30.7 Å². The zero-order valence-corrected chi connectivity index (χ0v) is 18.2. The summed E-state index contributed by atoms with van der Waals surface area (Å²) < 4.78 is 22.2. The standard InChI is InChI=1S/C24H25FN4O2/c1-14-17(22-21(31-4)12-26-13-27-22)8-16(25)9-18(14)29-6-5-28-19(23(29)30)7-15-10-24(2,3)11-20(15)28/h7-9,12-13H,5-6,10-11H2,1-4H3. The molecule has 1 aromatic carbocycles. The number of nitrogens with zero attached hydrogens (tertiary/aromatic N) is 4. The molecule has 2 aliphatic rings. The Kier molecular flexibility index (Phi) is 4.39. The summed E-state index contributed by atoms with van der Waals surface area (Å²) in [6.45, 7) is 7.60. The molecule has 31 heavy (non-hydrogen) atoms. The first kappa shape index (κ1) is 19.7. The number of carbonyl (C=O) groups is 1. The van der Waals surface area contributed by atoms with Gasteiger partial charge in [0.1, 0.15) is 23.5 Å². The molecule has 0 saturated heterocycles. The predicted molar refractivity (Wildman–Crippen MR) is 116 cm³/mol. The van der Waals surface area contributed by atoms with E-state index in [-0.39, 0.29) is 11.3 Å². The van der Waals surface area contributed by atoms with Gasteiger partial charge in [0.2, 0.25) is 0 Å². The molecular weight excluding hydrogens is 395 g/mol. The maximum Gasteiger partial charge on any atom is 0.274 e. The van der Waals surface area contributed by atoms with Gasteiger partial charge in [0.25, 0.3) is 5.91 Å². The van der Waals surface area contributed by atoms with E-state index in [0.29, 0.717) is 41.5 Å². The Morgan fingerprint density at radius 2 is 1.97 bits per heavy atom. The van der Waals surface area contributed by atoms with Gasteiger partial charge in [-0.15, -0.1) is 0 Å². The van der Waals surface area contributed by atoms with Gasteiger partial charge in [0.15, 0.2) is 5.75 Å². The van der Waals surface area contributed by atoms with Crippen molar-refractivity contribution in [3.05, 3.63) is 59.1 Å². The Bertz CT molecular complexity index is 1210. The fraction of sp³-hybridized carbons (Fsp3) is 0.375. The van der Waals surface area contributed by atoms with Gasteiger partial charge >= 0.3 is 0 Å². The zero-order chi connectivity index (χ0) is 21.9. The van der Waals surface area contributed by atoms with Crippen LogP contribution < -0.4 is 9.64 Å². The van der Waals surface area contributed by atoms with Crippen molar-refractivity contribution in [1.82, 2.24) is 14.5 Å². The van der Waals surface area contributed by atoms with Crippen LogP contribution in [-0.2, 0) is 19.4 Å². The second kappa shape index (κ2) is 6.90. The highest BCUT2D eigenvalue weighted by Crippen LogP contribution is 2.41. The largest absolute Gasteiger partial charge is 0.493 e. The molecule has 1 amide bonds. The third-order valence-electron chi connectivity index (χ3n) is 6.41. The number of hydrogen-bond donors (Lipinski definition) is 0. The fourth-order valence-corrected chi connectivity index (χ4v) is 5.00. The number of ether oxygens (including phenoxy) is 1. The zero-order valence-electron chi connectivity index (χ0n) is 18.2. The first-order valence-electron chi connectivity index (χ1n) is 10.5. The summed E-state index contributed by atoms with van der Waals surface area (Å²) in [6, 6.07) is 4.89. The van der Waals surface area contributed by atoms with Gasteiger partial charge in [-0.05, 0) is 54.5 Å². The lowest BCUT2D eigenvalue weighted by atomic mass is 9.90. The molecule has 1 aliphatic heterocycles. The van der Waals surface area contributed by atoms with Crippen molar-refractivity contribution in [2.24, 2.45) is 5.41 Å². The number of amides is 1. The third-order valence-corrected chi connectivity index (χ3v) is 6.41. The molecule has 0 bridgehead atoms. The summed E-state index contributed by atoms with van der Waals surface area (Å²) in [5.74, 6) is -0.0536. The van der Waals surface area contributed by atoms with Crippen molar-refractivity contribution in [3.63, 3.8) is 0 Å². The van der Waals surface area contributed by atoms with Crippen LogP contribution in [0.5, 0.6) is 5.75 Å². The fourth-order valence-electron chi connectivity index (χ4n) is 5.00. The second-order valence-corrected chi connectivity index (χ2v) is 9.16. The van der Waals surface area contributed by atoms with Crippen LogP contribution in [0.2, 0.25) is 0 Å². The number of halogens is 1. The molecule has 6 nitrogen and oxygen atoms in total. The summed E-state index contributed by atoms with van der Waals surface area (Å²) in [7, 11) is 1.53. The van der Waals surface area contributed by atoms with Gasteiger partial charge in [-0.2, -0.15) is 0 Å². The van der Waals surface area contributed by atoms with Crippen molar-refractivity contribution in [3.8, 4) is 17.0 Å². The van der Waals surface area contributed by atoms with Gasteiger partial charge in [0, 0.05) is 24.3 Å². The molecule has 0 spiro atoms. The minimum atomic E-state index is -0.422. The van der Waals surface area contributed by atoms with Crippen LogP contribution >= 0.6 is 0 Å². The smallest absolute Gasteiger partial charge is 0.274 e. The van der Waals surface area contributed by atoms with E-state index in [1.807, 2.05) is 13.0 Å². The third kappa shape index (κ3) is 3.10. The topological polar surface area (TPSA) is 60.3 Å². The normalized spacial score (nSPS) is 16.9. The number of fused-ring (bicyclic) bond motifs is 3. The Morgan fingerprint density at radius 1 is 1.16 bits per heavy atom. The molecular formula is C24H25FN4O2. The van der Waals surface area contributed by atoms with Gasteiger partial charge in [-0.3, -0.25) is 4.79 Å². The first-order chi connectivity index (χ1) is 14.8. The Balaban J connectivity index is 1.57. The van der Waals surface area contributed by atoms with E-state index in [1.165, 1.54) is 36.8 Å². The average molecular weight is 420 g/mol. The SMILES string of the molecule is COc1cncnc1-c1cc(F)cc(N2CCn3c(cc4c3CC(C)(C)C4)C2=O)c1C. The summed E-state index contributed by atoms with van der Waals surface area (Å²) in [4.78, 5) is 23.4. The van der Waals surface area contributed by atoms with E-state index >= 15 is 0 Å². The minimum Gasteiger partial charge on any atom is -0.493 e. The van der Waals surface area contributed by atoms with Gasteiger partial charge in [-0.25, -0.2) is 14.4 Å². The van der Waals surface area contributed by atoms with E-state index < -0.39 is 5.82 Å². The van der Waals surface area contributed by atoms with Crippen LogP contribution in [0, 0.1) is 18.2 Å². The number of carbonyl (C=O) groups excluding carboxylic acids is 1. The van der Waals surface area contributed by atoms with E-state index in [4.69, 9.17) is 4.74 Å². The van der Waals surface area contributed by atoms with Crippen LogP contribution in [0.3, 0.4) is 0 Å².